The second-order valence-electron chi connectivity index (χ2n) is 9.13. The average molecular weight is 527 g/mol. The quantitative estimate of drug-likeness (QED) is 0.207. The van der Waals surface area contributed by atoms with E-state index in [0.29, 0.717) is 44.8 Å². The molecule has 0 atom stereocenters. The zero-order chi connectivity index (χ0) is 26.8. The molecule has 38 heavy (non-hydrogen) atoms. The summed E-state index contributed by atoms with van der Waals surface area (Å²) in [5, 5.41) is 14.1. The lowest BCUT2D eigenvalue weighted by Crippen LogP contribution is -2.33. The molecule has 5 rings (SSSR count). The molecule has 1 amide bonds. The van der Waals surface area contributed by atoms with Crippen molar-refractivity contribution in [3.8, 4) is 11.3 Å². The summed E-state index contributed by atoms with van der Waals surface area (Å²) in [6, 6.07) is 18.7. The number of nitrogens with zero attached hydrogens (tertiary/aromatic N) is 3. The first-order valence-electron chi connectivity index (χ1n) is 12.0. The van der Waals surface area contributed by atoms with Gasteiger partial charge in [-0.2, -0.15) is 0 Å². The number of carbonyl (C=O) groups excluding carboxylic acids is 1. The number of halogens is 2. The predicted molar refractivity (Wildman–Crippen MR) is 148 cm³/mol. The molecule has 7 nitrogen and oxygen atoms in total. The van der Waals surface area contributed by atoms with Gasteiger partial charge in [0.25, 0.3) is 5.91 Å². The molecule has 1 aromatic heterocycles. The SMILES string of the molecule is CC(C)C(=N)NC(=O)c1ccc(Nc2ncc3c(n2)-c2ccc(Cl)cc2C(c2ccccc2F)=NC3)cc1. The van der Waals surface area contributed by atoms with E-state index in [4.69, 9.17) is 27.0 Å². The third-order valence-corrected chi connectivity index (χ3v) is 6.36. The molecule has 0 unspecified atom stereocenters. The molecule has 3 N–H and O–H groups in total. The average Bonchev–Trinajstić information content (AvgIpc) is 3.05. The maximum atomic E-state index is 14.7. The van der Waals surface area contributed by atoms with E-state index >= 15 is 0 Å². The van der Waals surface area contributed by atoms with E-state index in [0.717, 1.165) is 11.1 Å². The number of hydrogen-bond acceptors (Lipinski definition) is 6. The Hall–Kier alpha value is -4.43. The number of aliphatic imine (C=N–C) groups is 1. The number of benzene rings is 3. The zero-order valence-electron chi connectivity index (χ0n) is 20.7. The van der Waals surface area contributed by atoms with Crippen LogP contribution in [0.2, 0.25) is 5.02 Å². The second kappa shape index (κ2) is 10.5. The molecule has 0 saturated carbocycles. The van der Waals surface area contributed by atoms with Gasteiger partial charge < -0.3 is 10.6 Å². The molecule has 4 aromatic rings. The van der Waals surface area contributed by atoms with Gasteiger partial charge in [0.2, 0.25) is 5.95 Å². The first kappa shape index (κ1) is 25.2. The minimum Gasteiger partial charge on any atom is -0.324 e. The minimum atomic E-state index is -0.366. The van der Waals surface area contributed by atoms with Crippen LogP contribution in [0.4, 0.5) is 16.0 Å². The Balaban J connectivity index is 1.44. The van der Waals surface area contributed by atoms with Crippen LogP contribution in [0.1, 0.15) is 40.9 Å². The maximum Gasteiger partial charge on any atom is 0.256 e. The van der Waals surface area contributed by atoms with Gasteiger partial charge in [-0.25, -0.2) is 14.4 Å². The standard InChI is InChI=1S/C29H24ClFN6O/c1-16(2)27(32)37-28(38)17-7-10-20(11-8-17)35-29-34-15-18-14-33-26(22-5-3-4-6-24(22)31)23-13-19(30)9-12-21(23)25(18)36-29/h3-13,15-16H,14H2,1-2H3,(H2,32,37,38)(H,34,35,36). The van der Waals surface area contributed by atoms with Gasteiger partial charge in [0.15, 0.2) is 0 Å². The first-order chi connectivity index (χ1) is 18.3. The summed E-state index contributed by atoms with van der Waals surface area (Å²) in [7, 11) is 0. The fourth-order valence-corrected chi connectivity index (χ4v) is 4.21. The molecule has 1 aliphatic rings. The van der Waals surface area contributed by atoms with Crippen LogP contribution in [0.15, 0.2) is 77.9 Å². The Morgan fingerprint density at radius 3 is 2.53 bits per heavy atom. The monoisotopic (exact) mass is 526 g/mol. The summed E-state index contributed by atoms with van der Waals surface area (Å²) in [4.78, 5) is 26.3. The molecule has 0 bridgehead atoms. The number of anilines is 2. The van der Waals surface area contributed by atoms with Crippen LogP contribution >= 0.6 is 11.6 Å². The summed E-state index contributed by atoms with van der Waals surface area (Å²) in [6.07, 6.45) is 1.70. The van der Waals surface area contributed by atoms with E-state index in [2.05, 4.69) is 15.6 Å². The van der Waals surface area contributed by atoms with Crippen molar-refractivity contribution in [2.45, 2.75) is 20.4 Å². The highest BCUT2D eigenvalue weighted by Gasteiger charge is 2.23. The highest BCUT2D eigenvalue weighted by atomic mass is 35.5. The van der Waals surface area contributed by atoms with Gasteiger partial charge in [0.05, 0.1) is 18.0 Å². The molecule has 3 aromatic carbocycles. The van der Waals surface area contributed by atoms with Gasteiger partial charge >= 0.3 is 0 Å². The van der Waals surface area contributed by atoms with Gasteiger partial charge in [-0.05, 0) is 48.5 Å². The van der Waals surface area contributed by atoms with Crippen molar-refractivity contribution < 1.29 is 9.18 Å². The molecular formula is C29H24ClFN6O. The van der Waals surface area contributed by atoms with Crippen LogP contribution in [0.25, 0.3) is 11.3 Å². The number of amidine groups is 1. The third kappa shape index (κ3) is 5.17. The van der Waals surface area contributed by atoms with Gasteiger partial charge in [0.1, 0.15) is 11.7 Å². The van der Waals surface area contributed by atoms with Crippen molar-refractivity contribution in [2.75, 3.05) is 5.32 Å². The Morgan fingerprint density at radius 2 is 1.79 bits per heavy atom. The lowest BCUT2D eigenvalue weighted by molar-refractivity contribution is 0.0975. The van der Waals surface area contributed by atoms with Gasteiger partial charge in [-0.3, -0.25) is 15.2 Å². The normalized spacial score (nSPS) is 12.2. The predicted octanol–water partition coefficient (Wildman–Crippen LogP) is 6.39. The Bertz CT molecular complexity index is 1580. The van der Waals surface area contributed by atoms with Gasteiger partial charge in [-0.1, -0.05) is 43.6 Å². The van der Waals surface area contributed by atoms with Gasteiger partial charge in [-0.15, -0.1) is 0 Å². The van der Waals surface area contributed by atoms with E-state index in [-0.39, 0.29) is 30.0 Å². The van der Waals surface area contributed by atoms with Crippen molar-refractivity contribution >= 4 is 40.7 Å². The Kier molecular flexibility index (Phi) is 6.98. The fraction of sp³-hybridized carbons (Fsp3) is 0.138. The molecule has 0 saturated heterocycles. The topological polar surface area (TPSA) is 103 Å². The highest BCUT2D eigenvalue weighted by molar-refractivity contribution is 6.31. The number of aromatic nitrogens is 2. The van der Waals surface area contributed by atoms with Crippen LogP contribution in [-0.2, 0) is 6.54 Å². The first-order valence-corrected chi connectivity index (χ1v) is 12.4. The zero-order valence-corrected chi connectivity index (χ0v) is 21.5. The van der Waals surface area contributed by atoms with Crippen molar-refractivity contribution in [3.05, 3.63) is 106 Å². The van der Waals surface area contributed by atoms with Crippen LogP contribution in [-0.4, -0.2) is 27.4 Å². The molecule has 2 heterocycles. The summed E-state index contributed by atoms with van der Waals surface area (Å²) in [5.41, 5.74) is 4.95. The smallest absolute Gasteiger partial charge is 0.256 e. The molecule has 9 heteroatoms. The number of fused-ring (bicyclic) bond motifs is 3. The molecule has 1 aliphatic heterocycles. The van der Waals surface area contributed by atoms with E-state index in [1.165, 1.54) is 6.07 Å². The number of carbonyl (C=O) groups is 1. The minimum absolute atomic E-state index is 0.0698. The largest absolute Gasteiger partial charge is 0.324 e. The summed E-state index contributed by atoms with van der Waals surface area (Å²) < 4.78 is 14.7. The number of nitrogens with one attached hydrogen (secondary N) is 3. The molecule has 190 valence electrons. The molecule has 0 aliphatic carbocycles. The van der Waals surface area contributed by atoms with Crippen LogP contribution in [0, 0.1) is 17.1 Å². The number of hydrogen-bond donors (Lipinski definition) is 3. The summed E-state index contributed by atoms with van der Waals surface area (Å²) >= 11 is 6.33. The van der Waals surface area contributed by atoms with Crippen molar-refractivity contribution in [3.63, 3.8) is 0 Å². The third-order valence-electron chi connectivity index (χ3n) is 6.12. The van der Waals surface area contributed by atoms with E-state index in [1.54, 1.807) is 60.8 Å². The number of rotatable bonds is 5. The highest BCUT2D eigenvalue weighted by Crippen LogP contribution is 2.34. The summed E-state index contributed by atoms with van der Waals surface area (Å²) in [5.74, 6) is -0.246. The van der Waals surface area contributed by atoms with E-state index < -0.39 is 0 Å². The summed E-state index contributed by atoms with van der Waals surface area (Å²) in [6.45, 7) is 3.97. The fourth-order valence-electron chi connectivity index (χ4n) is 4.04. The van der Waals surface area contributed by atoms with Crippen LogP contribution in [0.5, 0.6) is 0 Å². The lowest BCUT2D eigenvalue weighted by atomic mass is 9.95. The lowest BCUT2D eigenvalue weighted by Gasteiger charge is -2.13. The van der Waals surface area contributed by atoms with Gasteiger partial charge in [0, 0.05) is 50.6 Å². The van der Waals surface area contributed by atoms with Crippen molar-refractivity contribution in [1.29, 1.82) is 5.41 Å². The maximum absolute atomic E-state index is 14.7. The van der Waals surface area contributed by atoms with Crippen LogP contribution < -0.4 is 10.6 Å². The van der Waals surface area contributed by atoms with E-state index in [9.17, 15) is 9.18 Å². The molecular weight excluding hydrogens is 503 g/mol. The van der Waals surface area contributed by atoms with Crippen molar-refractivity contribution in [2.24, 2.45) is 10.9 Å². The van der Waals surface area contributed by atoms with E-state index in [1.807, 2.05) is 19.9 Å². The molecule has 0 spiro atoms. The Labute approximate surface area is 224 Å². The Morgan fingerprint density at radius 1 is 1.03 bits per heavy atom. The molecule has 0 radical (unpaired) electrons. The van der Waals surface area contributed by atoms with Crippen LogP contribution in [0.3, 0.4) is 0 Å². The van der Waals surface area contributed by atoms with Crippen molar-refractivity contribution in [1.82, 2.24) is 15.3 Å². The molecule has 0 fully saturated rings. The second-order valence-corrected chi connectivity index (χ2v) is 9.56. The number of amides is 1.